The van der Waals surface area contributed by atoms with Gasteiger partial charge in [-0.25, -0.2) is 0 Å². The summed E-state index contributed by atoms with van der Waals surface area (Å²) in [6, 6.07) is 8.28. The second kappa shape index (κ2) is 7.93. The third-order valence-electron chi connectivity index (χ3n) is 2.08. The summed E-state index contributed by atoms with van der Waals surface area (Å²) in [4.78, 5) is 0. The molecular formula is C12H18INO. The Hall–Kier alpha value is -0.290. The largest absolute Gasteiger partial charge is 0.382 e. The smallest absolute Gasteiger partial charge is 0.0639 e. The first kappa shape index (κ1) is 12.8. The lowest BCUT2D eigenvalue weighted by atomic mass is 10.3. The highest BCUT2D eigenvalue weighted by Crippen LogP contribution is 2.16. The van der Waals surface area contributed by atoms with Crippen LogP contribution in [0.3, 0.4) is 0 Å². The zero-order chi connectivity index (χ0) is 10.9. The molecule has 0 spiro atoms. The van der Waals surface area contributed by atoms with Crippen LogP contribution in [0.5, 0.6) is 0 Å². The molecule has 3 heteroatoms. The molecule has 0 amide bonds. The molecular weight excluding hydrogens is 301 g/mol. The molecule has 1 aromatic rings. The monoisotopic (exact) mass is 319 g/mol. The lowest BCUT2D eigenvalue weighted by Crippen LogP contribution is -2.10. The molecule has 0 atom stereocenters. The maximum Gasteiger partial charge on any atom is 0.0639 e. The van der Waals surface area contributed by atoms with Gasteiger partial charge in [0.1, 0.15) is 0 Å². The van der Waals surface area contributed by atoms with Crippen molar-refractivity contribution in [2.45, 2.75) is 19.8 Å². The van der Waals surface area contributed by atoms with Gasteiger partial charge in [-0.05, 0) is 41.1 Å². The number of unbranched alkanes of at least 4 members (excludes halogenated alkanes) is 1. The van der Waals surface area contributed by atoms with E-state index in [4.69, 9.17) is 4.74 Å². The van der Waals surface area contributed by atoms with E-state index >= 15 is 0 Å². The summed E-state index contributed by atoms with van der Waals surface area (Å²) in [6.07, 6.45) is 2.35. The first-order chi connectivity index (χ1) is 7.34. The number of ether oxygens (including phenoxy) is 1. The van der Waals surface area contributed by atoms with Crippen molar-refractivity contribution in [2.24, 2.45) is 0 Å². The zero-order valence-corrected chi connectivity index (χ0v) is 11.3. The lowest BCUT2D eigenvalue weighted by Gasteiger charge is -2.08. The Kier molecular flexibility index (Phi) is 6.76. The van der Waals surface area contributed by atoms with Gasteiger partial charge < -0.3 is 10.1 Å². The predicted octanol–water partition coefficient (Wildman–Crippen LogP) is 3.52. The molecule has 0 saturated carbocycles. The van der Waals surface area contributed by atoms with E-state index in [2.05, 4.69) is 47.0 Å². The van der Waals surface area contributed by atoms with E-state index in [0.29, 0.717) is 0 Å². The van der Waals surface area contributed by atoms with Crippen LogP contribution in [-0.4, -0.2) is 19.8 Å². The van der Waals surface area contributed by atoms with Crippen LogP contribution in [0.15, 0.2) is 24.3 Å². The minimum absolute atomic E-state index is 0.783. The molecule has 0 aliphatic carbocycles. The summed E-state index contributed by atoms with van der Waals surface area (Å²) in [5.74, 6) is 0. The molecule has 0 unspecified atom stereocenters. The number of hydrogen-bond acceptors (Lipinski definition) is 2. The van der Waals surface area contributed by atoms with Crippen molar-refractivity contribution in [1.82, 2.24) is 0 Å². The summed E-state index contributed by atoms with van der Waals surface area (Å²) in [6.45, 7) is 4.71. The van der Waals surface area contributed by atoms with Crippen molar-refractivity contribution in [3.63, 3.8) is 0 Å². The number of benzene rings is 1. The zero-order valence-electron chi connectivity index (χ0n) is 9.13. The van der Waals surface area contributed by atoms with Crippen LogP contribution in [0, 0.1) is 3.57 Å². The Morgan fingerprint density at radius 2 is 2.07 bits per heavy atom. The topological polar surface area (TPSA) is 21.3 Å². The van der Waals surface area contributed by atoms with Crippen molar-refractivity contribution in [3.8, 4) is 0 Å². The predicted molar refractivity (Wildman–Crippen MR) is 73.4 cm³/mol. The Bertz CT molecular complexity index is 278. The highest BCUT2D eigenvalue weighted by atomic mass is 127. The Balaban J connectivity index is 2.12. The van der Waals surface area contributed by atoms with E-state index < -0.39 is 0 Å². The fraction of sp³-hybridized carbons (Fsp3) is 0.500. The molecule has 0 heterocycles. The number of nitrogens with one attached hydrogen (secondary N) is 1. The Morgan fingerprint density at radius 1 is 1.27 bits per heavy atom. The van der Waals surface area contributed by atoms with Crippen molar-refractivity contribution in [2.75, 3.05) is 25.1 Å². The van der Waals surface area contributed by atoms with Gasteiger partial charge in [0.15, 0.2) is 0 Å². The molecule has 0 radical (unpaired) electrons. The lowest BCUT2D eigenvalue weighted by molar-refractivity contribution is 0.141. The number of rotatable bonds is 7. The van der Waals surface area contributed by atoms with E-state index in [9.17, 15) is 0 Å². The van der Waals surface area contributed by atoms with E-state index in [-0.39, 0.29) is 0 Å². The van der Waals surface area contributed by atoms with Gasteiger partial charge in [-0.2, -0.15) is 0 Å². The summed E-state index contributed by atoms with van der Waals surface area (Å²) in [5.41, 5.74) is 1.19. The van der Waals surface area contributed by atoms with Gasteiger partial charge in [0.25, 0.3) is 0 Å². The van der Waals surface area contributed by atoms with Crippen LogP contribution in [0.25, 0.3) is 0 Å². The number of halogens is 1. The van der Waals surface area contributed by atoms with Crippen molar-refractivity contribution >= 4 is 28.3 Å². The minimum atomic E-state index is 0.783. The number of anilines is 1. The summed E-state index contributed by atoms with van der Waals surface area (Å²) in [5, 5.41) is 3.36. The SMILES string of the molecule is CCCCOCCNc1ccccc1I. The Labute approximate surface area is 106 Å². The standard InChI is InChI=1S/C12H18INO/c1-2-3-9-15-10-8-14-12-7-5-4-6-11(12)13/h4-7,14H,2-3,8-10H2,1H3. The van der Waals surface area contributed by atoms with Crippen LogP contribution < -0.4 is 5.32 Å². The fourth-order valence-corrected chi connectivity index (χ4v) is 1.79. The molecule has 1 N–H and O–H groups in total. The summed E-state index contributed by atoms with van der Waals surface area (Å²) < 4.78 is 6.72. The van der Waals surface area contributed by atoms with E-state index in [1.807, 2.05) is 12.1 Å². The van der Waals surface area contributed by atoms with E-state index in [0.717, 1.165) is 26.2 Å². The fourth-order valence-electron chi connectivity index (χ4n) is 1.21. The Morgan fingerprint density at radius 3 is 2.80 bits per heavy atom. The number of para-hydroxylation sites is 1. The van der Waals surface area contributed by atoms with Crippen molar-refractivity contribution in [1.29, 1.82) is 0 Å². The molecule has 0 bridgehead atoms. The normalized spacial score (nSPS) is 10.3. The highest BCUT2D eigenvalue weighted by Gasteiger charge is 1.95. The van der Waals surface area contributed by atoms with Crippen LogP contribution >= 0.6 is 22.6 Å². The van der Waals surface area contributed by atoms with Crippen LogP contribution in [0.2, 0.25) is 0 Å². The summed E-state index contributed by atoms with van der Waals surface area (Å²) in [7, 11) is 0. The highest BCUT2D eigenvalue weighted by molar-refractivity contribution is 14.1. The third-order valence-corrected chi connectivity index (χ3v) is 3.02. The maximum absolute atomic E-state index is 5.47. The van der Waals surface area contributed by atoms with Crippen LogP contribution in [-0.2, 0) is 4.74 Å². The molecule has 1 rings (SSSR count). The first-order valence-corrected chi connectivity index (χ1v) is 6.48. The summed E-state index contributed by atoms with van der Waals surface area (Å²) >= 11 is 2.33. The van der Waals surface area contributed by atoms with Gasteiger partial charge in [-0.15, -0.1) is 0 Å². The van der Waals surface area contributed by atoms with Crippen molar-refractivity contribution in [3.05, 3.63) is 27.8 Å². The van der Waals surface area contributed by atoms with E-state index in [1.54, 1.807) is 0 Å². The van der Waals surface area contributed by atoms with Crippen molar-refractivity contribution < 1.29 is 4.74 Å². The average Bonchev–Trinajstić information content (AvgIpc) is 2.25. The first-order valence-electron chi connectivity index (χ1n) is 5.40. The average molecular weight is 319 g/mol. The third kappa shape index (κ3) is 5.37. The molecule has 2 nitrogen and oxygen atoms in total. The van der Waals surface area contributed by atoms with Gasteiger partial charge >= 0.3 is 0 Å². The van der Waals surface area contributed by atoms with Gasteiger partial charge in [0.05, 0.1) is 6.61 Å². The minimum Gasteiger partial charge on any atom is -0.382 e. The molecule has 1 aromatic carbocycles. The number of hydrogen-bond donors (Lipinski definition) is 1. The van der Waals surface area contributed by atoms with Crippen LogP contribution in [0.4, 0.5) is 5.69 Å². The molecule has 0 fully saturated rings. The van der Waals surface area contributed by atoms with Gasteiger partial charge in [0, 0.05) is 22.4 Å². The molecule has 0 aliphatic rings. The van der Waals surface area contributed by atoms with Gasteiger partial charge in [-0.1, -0.05) is 25.5 Å². The maximum atomic E-state index is 5.47. The van der Waals surface area contributed by atoms with Gasteiger partial charge in [0.2, 0.25) is 0 Å². The molecule has 15 heavy (non-hydrogen) atoms. The molecule has 84 valence electrons. The second-order valence-corrected chi connectivity index (χ2v) is 4.53. The quantitative estimate of drug-likeness (QED) is 0.613. The van der Waals surface area contributed by atoms with E-state index in [1.165, 1.54) is 15.7 Å². The molecule has 0 saturated heterocycles. The van der Waals surface area contributed by atoms with Crippen LogP contribution in [0.1, 0.15) is 19.8 Å². The molecule has 0 aromatic heterocycles. The van der Waals surface area contributed by atoms with Gasteiger partial charge in [-0.3, -0.25) is 0 Å². The second-order valence-electron chi connectivity index (χ2n) is 3.37. The molecule has 0 aliphatic heterocycles.